The molecule has 8 rings (SSSR count). The number of fused-ring (bicyclic) bond motifs is 4. The number of nitrogens with zero attached hydrogens (tertiary/aromatic N) is 1. The Bertz CT molecular complexity index is 2600. The number of rotatable bonds is 4. The second kappa shape index (κ2) is 11.5. The fourth-order valence-electron chi connectivity index (χ4n) is 7.44. The summed E-state index contributed by atoms with van der Waals surface area (Å²) in [4.78, 5) is 5.31. The van der Waals surface area contributed by atoms with Gasteiger partial charge in [-0.2, -0.15) is 0 Å². The van der Waals surface area contributed by atoms with Crippen LogP contribution in [0.3, 0.4) is 0 Å². The molecule has 0 spiro atoms. The molecule has 1 aromatic heterocycles. The van der Waals surface area contributed by atoms with E-state index in [1.54, 1.807) is 0 Å². The van der Waals surface area contributed by atoms with Crippen LogP contribution < -0.4 is 10.4 Å². The van der Waals surface area contributed by atoms with Crippen molar-refractivity contribution in [3.05, 3.63) is 162 Å². The summed E-state index contributed by atoms with van der Waals surface area (Å²) in [7, 11) is 0. The normalized spacial score (nSPS) is 12.5. The molecule has 0 N–H and O–H groups in total. The first-order chi connectivity index (χ1) is 23.0. The molecule has 0 atom stereocenters. The Hall–Kier alpha value is -5.79. The average Bonchev–Trinajstić information content (AvgIpc) is 3.11. The van der Waals surface area contributed by atoms with Crippen LogP contribution in [0.15, 0.2) is 146 Å². The molecule has 0 fully saturated rings. The number of hydrogen-bond donors (Lipinski definition) is 0. The average molecular weight is 602 g/mol. The molecule has 1 heterocycles. The molecule has 0 aliphatic rings. The molecule has 7 aromatic carbocycles. The summed E-state index contributed by atoms with van der Waals surface area (Å²) in [6, 6.07) is 48.5. The van der Waals surface area contributed by atoms with Gasteiger partial charge in [-0.1, -0.05) is 146 Å². The Morgan fingerprint density at radius 3 is 1.72 bits per heavy atom. The molecular weight excluding hydrogens is 567 g/mol. The highest BCUT2D eigenvalue weighted by Crippen LogP contribution is 2.46. The first-order valence-corrected chi connectivity index (χ1v) is 16.3. The molecule has 224 valence electrons. The zero-order valence-electron chi connectivity index (χ0n) is 27.0. The number of hydrogen-bond acceptors (Lipinski definition) is 1. The van der Waals surface area contributed by atoms with Crippen molar-refractivity contribution in [2.45, 2.75) is 20.8 Å². The minimum atomic E-state index is 0.961. The van der Waals surface area contributed by atoms with Crippen molar-refractivity contribution in [2.75, 3.05) is 0 Å². The van der Waals surface area contributed by atoms with E-state index >= 15 is 0 Å². The van der Waals surface area contributed by atoms with Crippen molar-refractivity contribution in [1.82, 2.24) is 4.98 Å². The summed E-state index contributed by atoms with van der Waals surface area (Å²) in [6.07, 6.45) is 4.21. The summed E-state index contributed by atoms with van der Waals surface area (Å²) < 4.78 is 0. The van der Waals surface area contributed by atoms with Gasteiger partial charge < -0.3 is 0 Å². The van der Waals surface area contributed by atoms with E-state index < -0.39 is 0 Å². The van der Waals surface area contributed by atoms with Gasteiger partial charge in [0, 0.05) is 16.2 Å². The van der Waals surface area contributed by atoms with Crippen molar-refractivity contribution in [1.29, 1.82) is 0 Å². The summed E-state index contributed by atoms with van der Waals surface area (Å²) in [5.74, 6) is 0. The van der Waals surface area contributed by atoms with E-state index in [-0.39, 0.29) is 0 Å². The molecule has 1 heteroatoms. The molecule has 47 heavy (non-hydrogen) atoms. The van der Waals surface area contributed by atoms with Crippen molar-refractivity contribution in [3.8, 4) is 33.5 Å². The maximum Gasteiger partial charge on any atom is 0.0784 e. The molecule has 0 radical (unpaired) electrons. The SMILES string of the molecule is C=c1/c(=C(C)\C=C/C)ccc2c(C)cc(-c3ccc(-c4c5ccccc5c(-c5ccccc5)c5ccccc45)c4ccccc34)nc12. The van der Waals surface area contributed by atoms with Crippen molar-refractivity contribution >= 4 is 55.4 Å². The van der Waals surface area contributed by atoms with E-state index in [9.17, 15) is 0 Å². The Morgan fingerprint density at radius 1 is 0.574 bits per heavy atom. The lowest BCUT2D eigenvalue weighted by Crippen LogP contribution is -2.26. The van der Waals surface area contributed by atoms with Gasteiger partial charge in [-0.15, -0.1) is 0 Å². The molecule has 0 aliphatic heterocycles. The first kappa shape index (κ1) is 28.7. The predicted octanol–water partition coefficient (Wildman–Crippen LogP) is 11.2. The van der Waals surface area contributed by atoms with Crippen LogP contribution in [0.25, 0.3) is 88.9 Å². The van der Waals surface area contributed by atoms with Gasteiger partial charge in [0.25, 0.3) is 0 Å². The molecule has 0 saturated heterocycles. The van der Waals surface area contributed by atoms with Gasteiger partial charge in [0.05, 0.1) is 11.2 Å². The summed E-state index contributed by atoms with van der Waals surface area (Å²) in [5.41, 5.74) is 10.5. The second-order valence-corrected chi connectivity index (χ2v) is 12.4. The number of aryl methyl sites for hydroxylation is 1. The molecule has 0 saturated carbocycles. The number of aromatic nitrogens is 1. The van der Waals surface area contributed by atoms with Gasteiger partial charge in [-0.25, -0.2) is 4.98 Å². The summed E-state index contributed by atoms with van der Waals surface area (Å²) in [5, 5.41) is 10.7. The zero-order chi connectivity index (χ0) is 32.1. The van der Waals surface area contributed by atoms with Crippen LogP contribution in [-0.2, 0) is 0 Å². The minimum Gasteiger partial charge on any atom is -0.247 e. The monoisotopic (exact) mass is 601 g/mol. The third-order valence-electron chi connectivity index (χ3n) is 9.60. The highest BCUT2D eigenvalue weighted by atomic mass is 14.7. The van der Waals surface area contributed by atoms with Crippen LogP contribution in [0.1, 0.15) is 19.4 Å². The lowest BCUT2D eigenvalue weighted by molar-refractivity contribution is 1.34. The van der Waals surface area contributed by atoms with E-state index in [0.29, 0.717) is 0 Å². The minimum absolute atomic E-state index is 0.961. The maximum atomic E-state index is 5.31. The Morgan fingerprint density at radius 2 is 1.11 bits per heavy atom. The summed E-state index contributed by atoms with van der Waals surface area (Å²) >= 11 is 0. The quantitative estimate of drug-likeness (QED) is 0.183. The molecule has 1 nitrogen and oxygen atoms in total. The Kier molecular flexibility index (Phi) is 7.04. The molecule has 0 unspecified atom stereocenters. The van der Waals surface area contributed by atoms with Crippen LogP contribution in [0.2, 0.25) is 0 Å². The van der Waals surface area contributed by atoms with E-state index in [1.165, 1.54) is 65.7 Å². The third-order valence-corrected chi connectivity index (χ3v) is 9.60. The molecule has 0 amide bonds. The van der Waals surface area contributed by atoms with E-state index in [2.05, 4.69) is 166 Å². The fraction of sp³-hybridized carbons (Fsp3) is 0.0652. The number of pyridine rings is 1. The molecule has 8 aromatic rings. The Balaban J connectivity index is 1.42. The van der Waals surface area contributed by atoms with Gasteiger partial charge in [-0.3, -0.25) is 0 Å². The molecule has 0 aliphatic carbocycles. The molecule has 0 bridgehead atoms. The predicted molar refractivity (Wildman–Crippen MR) is 204 cm³/mol. The van der Waals surface area contributed by atoms with Gasteiger partial charge >= 0.3 is 0 Å². The zero-order valence-corrected chi connectivity index (χ0v) is 27.0. The third kappa shape index (κ3) is 4.66. The van der Waals surface area contributed by atoms with Gasteiger partial charge in [0.15, 0.2) is 0 Å². The van der Waals surface area contributed by atoms with Crippen LogP contribution in [-0.4, -0.2) is 4.98 Å². The first-order valence-electron chi connectivity index (χ1n) is 16.3. The standard InChI is InChI=1S/C46H35N/c1-5-15-29(2)33-24-25-34-30(3)28-43(47-46(34)31(33)4)37-26-27-42(36-19-10-9-18-35(36)37)45-40-22-13-11-20-38(40)44(32-16-7-6-8-17-32)39-21-12-14-23-41(39)45/h5-28H,4H2,1-3H3/b15-5-,33-29-. The van der Waals surface area contributed by atoms with E-state index in [4.69, 9.17) is 4.98 Å². The highest BCUT2D eigenvalue weighted by Gasteiger charge is 2.19. The van der Waals surface area contributed by atoms with Gasteiger partial charge in [0.2, 0.25) is 0 Å². The van der Waals surface area contributed by atoms with Gasteiger partial charge in [-0.05, 0) is 97.8 Å². The second-order valence-electron chi connectivity index (χ2n) is 12.4. The van der Waals surface area contributed by atoms with Crippen LogP contribution in [0.4, 0.5) is 0 Å². The van der Waals surface area contributed by atoms with E-state index in [0.717, 1.165) is 32.6 Å². The Labute approximate surface area is 275 Å². The largest absolute Gasteiger partial charge is 0.247 e. The van der Waals surface area contributed by atoms with Crippen molar-refractivity contribution in [3.63, 3.8) is 0 Å². The summed E-state index contributed by atoms with van der Waals surface area (Å²) in [6.45, 7) is 10.9. The topological polar surface area (TPSA) is 12.9 Å². The highest BCUT2D eigenvalue weighted by molar-refractivity contribution is 6.24. The van der Waals surface area contributed by atoms with Gasteiger partial charge in [0.1, 0.15) is 0 Å². The van der Waals surface area contributed by atoms with Crippen molar-refractivity contribution in [2.24, 2.45) is 0 Å². The maximum absolute atomic E-state index is 5.31. The van der Waals surface area contributed by atoms with Crippen LogP contribution in [0, 0.1) is 6.92 Å². The lowest BCUT2D eigenvalue weighted by atomic mass is 9.84. The van der Waals surface area contributed by atoms with E-state index in [1.807, 2.05) is 6.92 Å². The molecular formula is C46H35N. The van der Waals surface area contributed by atoms with Crippen LogP contribution in [0.5, 0.6) is 0 Å². The van der Waals surface area contributed by atoms with Crippen LogP contribution >= 0.6 is 0 Å². The number of allylic oxidation sites excluding steroid dienone is 2. The van der Waals surface area contributed by atoms with Crippen molar-refractivity contribution < 1.29 is 0 Å². The lowest BCUT2D eigenvalue weighted by Gasteiger charge is -2.19. The smallest absolute Gasteiger partial charge is 0.0784 e. The number of benzene rings is 7. The fourth-order valence-corrected chi connectivity index (χ4v) is 7.44.